The van der Waals surface area contributed by atoms with Gasteiger partial charge in [-0.25, -0.2) is 15.0 Å². The van der Waals surface area contributed by atoms with Crippen LogP contribution in [-0.4, -0.2) is 40.7 Å². The summed E-state index contributed by atoms with van der Waals surface area (Å²) in [7, 11) is 0. The molecular formula is C24H37N5O. The molecule has 0 unspecified atom stereocenters. The standard InChI is InChI=1S/C24H37N5O/c1-2-3-4-8-13-26-24-28-17-21-22(29-24)20(18-9-6-5-7-10-18)16-27-23(21)30-19-11-14-25-15-12-19/h16-19,25H,2-15H2,1H3,(H,26,28,29). The van der Waals surface area contributed by atoms with Crippen molar-refractivity contribution in [2.75, 3.05) is 25.0 Å². The number of rotatable bonds is 9. The zero-order valence-electron chi connectivity index (χ0n) is 18.5. The van der Waals surface area contributed by atoms with E-state index in [1.165, 1.54) is 56.9 Å². The van der Waals surface area contributed by atoms with Gasteiger partial charge in [0, 0.05) is 24.5 Å². The van der Waals surface area contributed by atoms with E-state index in [0.29, 0.717) is 11.8 Å². The lowest BCUT2D eigenvalue weighted by Crippen LogP contribution is -2.34. The summed E-state index contributed by atoms with van der Waals surface area (Å²) in [6, 6.07) is 0. The van der Waals surface area contributed by atoms with Crippen LogP contribution in [0.3, 0.4) is 0 Å². The lowest BCUT2D eigenvalue weighted by atomic mass is 9.84. The Bertz CT molecular complexity index is 800. The van der Waals surface area contributed by atoms with Crippen LogP contribution in [0.15, 0.2) is 12.4 Å². The van der Waals surface area contributed by atoms with E-state index in [1.54, 1.807) is 0 Å². The largest absolute Gasteiger partial charge is 0.474 e. The molecule has 6 nitrogen and oxygen atoms in total. The molecule has 1 saturated heterocycles. The van der Waals surface area contributed by atoms with Crippen molar-refractivity contribution in [3.05, 3.63) is 18.0 Å². The maximum atomic E-state index is 6.32. The van der Waals surface area contributed by atoms with Crippen molar-refractivity contribution in [1.82, 2.24) is 20.3 Å². The third kappa shape index (κ3) is 5.39. The van der Waals surface area contributed by atoms with Crippen LogP contribution < -0.4 is 15.4 Å². The van der Waals surface area contributed by atoms with E-state index >= 15 is 0 Å². The number of aromatic nitrogens is 3. The summed E-state index contributed by atoms with van der Waals surface area (Å²) in [5.74, 6) is 1.98. The maximum Gasteiger partial charge on any atom is 0.224 e. The summed E-state index contributed by atoms with van der Waals surface area (Å²) in [4.78, 5) is 14.3. The van der Waals surface area contributed by atoms with Crippen LogP contribution in [-0.2, 0) is 0 Å². The highest BCUT2D eigenvalue weighted by atomic mass is 16.5. The monoisotopic (exact) mass is 411 g/mol. The highest BCUT2D eigenvalue weighted by molar-refractivity contribution is 5.86. The van der Waals surface area contributed by atoms with Gasteiger partial charge in [-0.15, -0.1) is 0 Å². The molecule has 0 bridgehead atoms. The van der Waals surface area contributed by atoms with E-state index < -0.39 is 0 Å². The summed E-state index contributed by atoms with van der Waals surface area (Å²) in [6.07, 6.45) is 17.6. The first-order valence-electron chi connectivity index (χ1n) is 12.1. The molecule has 0 amide bonds. The van der Waals surface area contributed by atoms with E-state index in [1.807, 2.05) is 12.4 Å². The van der Waals surface area contributed by atoms with Gasteiger partial charge < -0.3 is 15.4 Å². The van der Waals surface area contributed by atoms with Crippen molar-refractivity contribution in [3.8, 4) is 5.88 Å². The fourth-order valence-electron chi connectivity index (χ4n) is 4.73. The fraction of sp³-hybridized carbons (Fsp3) is 0.708. The molecule has 0 spiro atoms. The van der Waals surface area contributed by atoms with Crippen LogP contribution in [0.1, 0.15) is 89.0 Å². The average molecular weight is 412 g/mol. The van der Waals surface area contributed by atoms with Crippen LogP contribution >= 0.6 is 0 Å². The number of fused-ring (bicyclic) bond motifs is 1. The van der Waals surface area contributed by atoms with E-state index in [4.69, 9.17) is 14.7 Å². The Kier molecular flexibility index (Phi) is 7.73. The molecule has 2 aliphatic rings. The van der Waals surface area contributed by atoms with E-state index in [-0.39, 0.29) is 6.10 Å². The van der Waals surface area contributed by atoms with Gasteiger partial charge in [-0.2, -0.15) is 0 Å². The lowest BCUT2D eigenvalue weighted by Gasteiger charge is -2.25. The summed E-state index contributed by atoms with van der Waals surface area (Å²) in [5, 5.41) is 7.80. The predicted octanol–water partition coefficient (Wildman–Crippen LogP) is 5.20. The van der Waals surface area contributed by atoms with Crippen molar-refractivity contribution in [1.29, 1.82) is 0 Å². The Hall–Kier alpha value is -1.95. The fourth-order valence-corrected chi connectivity index (χ4v) is 4.73. The maximum absolute atomic E-state index is 6.32. The molecule has 6 heteroatoms. The smallest absolute Gasteiger partial charge is 0.224 e. The number of nitrogens with one attached hydrogen (secondary N) is 2. The average Bonchev–Trinajstić information content (AvgIpc) is 2.80. The summed E-state index contributed by atoms with van der Waals surface area (Å²) >= 11 is 0. The Labute approximate surface area is 180 Å². The number of unbranched alkanes of at least 4 members (excludes halogenated alkanes) is 3. The number of pyridine rings is 1. The van der Waals surface area contributed by atoms with Crippen molar-refractivity contribution >= 4 is 16.9 Å². The highest BCUT2D eigenvalue weighted by Crippen LogP contribution is 2.37. The second kappa shape index (κ2) is 10.9. The number of anilines is 1. The first kappa shape index (κ1) is 21.3. The van der Waals surface area contributed by atoms with Gasteiger partial charge in [0.2, 0.25) is 11.8 Å². The molecule has 1 saturated carbocycles. The Morgan fingerprint density at radius 3 is 2.63 bits per heavy atom. The lowest BCUT2D eigenvalue weighted by molar-refractivity contribution is 0.158. The zero-order valence-corrected chi connectivity index (χ0v) is 18.5. The molecule has 0 atom stereocenters. The molecular weight excluding hydrogens is 374 g/mol. The number of hydrogen-bond acceptors (Lipinski definition) is 6. The molecule has 2 aromatic heterocycles. The van der Waals surface area contributed by atoms with Gasteiger partial charge in [0.1, 0.15) is 6.10 Å². The molecule has 0 radical (unpaired) electrons. The second-order valence-corrected chi connectivity index (χ2v) is 8.86. The quantitative estimate of drug-likeness (QED) is 0.553. The molecule has 4 rings (SSSR count). The number of ether oxygens (including phenoxy) is 1. The SMILES string of the molecule is CCCCCCNc1ncc2c(OC3CCNCC3)ncc(C3CCCCC3)c2n1. The molecule has 30 heavy (non-hydrogen) atoms. The van der Waals surface area contributed by atoms with Crippen LogP contribution in [0, 0.1) is 0 Å². The van der Waals surface area contributed by atoms with Crippen LogP contribution in [0.4, 0.5) is 5.95 Å². The summed E-state index contributed by atoms with van der Waals surface area (Å²) < 4.78 is 6.32. The van der Waals surface area contributed by atoms with Crippen LogP contribution in [0.25, 0.3) is 10.9 Å². The molecule has 2 N–H and O–H groups in total. The second-order valence-electron chi connectivity index (χ2n) is 8.86. The molecule has 2 fully saturated rings. The van der Waals surface area contributed by atoms with Gasteiger partial charge in [0.15, 0.2) is 0 Å². The molecule has 1 aliphatic carbocycles. The van der Waals surface area contributed by atoms with Gasteiger partial charge >= 0.3 is 0 Å². The Balaban J connectivity index is 1.58. The van der Waals surface area contributed by atoms with E-state index in [0.717, 1.165) is 55.7 Å². The van der Waals surface area contributed by atoms with Gasteiger partial charge in [-0.3, -0.25) is 0 Å². The topological polar surface area (TPSA) is 72.0 Å². The Morgan fingerprint density at radius 2 is 1.83 bits per heavy atom. The summed E-state index contributed by atoms with van der Waals surface area (Å²) in [5.41, 5.74) is 2.31. The minimum Gasteiger partial charge on any atom is -0.474 e. The van der Waals surface area contributed by atoms with Gasteiger partial charge in [0.25, 0.3) is 0 Å². The molecule has 164 valence electrons. The summed E-state index contributed by atoms with van der Waals surface area (Å²) in [6.45, 7) is 5.18. The first-order valence-corrected chi connectivity index (χ1v) is 12.1. The number of hydrogen-bond donors (Lipinski definition) is 2. The van der Waals surface area contributed by atoms with Crippen LogP contribution in [0.2, 0.25) is 0 Å². The van der Waals surface area contributed by atoms with E-state index in [9.17, 15) is 0 Å². The Morgan fingerprint density at radius 1 is 1.00 bits per heavy atom. The third-order valence-electron chi connectivity index (χ3n) is 6.54. The number of nitrogens with zero attached hydrogens (tertiary/aromatic N) is 3. The molecule has 3 heterocycles. The van der Waals surface area contributed by atoms with Crippen molar-refractivity contribution in [2.45, 2.75) is 89.6 Å². The van der Waals surface area contributed by atoms with Crippen LogP contribution in [0.5, 0.6) is 5.88 Å². The van der Waals surface area contributed by atoms with E-state index in [2.05, 4.69) is 22.5 Å². The normalized spacial score (nSPS) is 18.6. The molecule has 2 aromatic rings. The number of piperidine rings is 1. The predicted molar refractivity (Wildman–Crippen MR) is 122 cm³/mol. The van der Waals surface area contributed by atoms with Crippen molar-refractivity contribution < 1.29 is 4.74 Å². The zero-order chi connectivity index (χ0) is 20.6. The third-order valence-corrected chi connectivity index (χ3v) is 6.54. The minimum absolute atomic E-state index is 0.221. The van der Waals surface area contributed by atoms with Gasteiger partial charge in [-0.05, 0) is 51.1 Å². The van der Waals surface area contributed by atoms with Gasteiger partial charge in [-0.1, -0.05) is 45.4 Å². The molecule has 1 aliphatic heterocycles. The van der Waals surface area contributed by atoms with Crippen molar-refractivity contribution in [2.24, 2.45) is 0 Å². The van der Waals surface area contributed by atoms with Gasteiger partial charge in [0.05, 0.1) is 10.9 Å². The molecule has 0 aromatic carbocycles. The minimum atomic E-state index is 0.221. The van der Waals surface area contributed by atoms with Crippen molar-refractivity contribution in [3.63, 3.8) is 0 Å². The highest BCUT2D eigenvalue weighted by Gasteiger charge is 2.23. The first-order chi connectivity index (χ1) is 14.8.